The summed E-state index contributed by atoms with van der Waals surface area (Å²) in [4.78, 5) is 37.7. The van der Waals surface area contributed by atoms with Crippen LogP contribution < -0.4 is 10.6 Å². The van der Waals surface area contributed by atoms with Crippen molar-refractivity contribution in [2.45, 2.75) is 96.2 Å². The Balaban J connectivity index is 3.29. The zero-order chi connectivity index (χ0) is 24.1. The summed E-state index contributed by atoms with van der Waals surface area (Å²) in [6, 6.07) is -3.06. The number of Topliss-reactive ketones (excluding diaryl/α,β-unsaturated/α-hetero) is 1. The molecule has 31 heavy (non-hydrogen) atoms. The van der Waals surface area contributed by atoms with Gasteiger partial charge in [0.05, 0.1) is 12.6 Å². The molecule has 0 radical (unpaired) electrons. The van der Waals surface area contributed by atoms with E-state index in [2.05, 4.69) is 10.6 Å². The van der Waals surface area contributed by atoms with Crippen molar-refractivity contribution < 1.29 is 44.3 Å². The number of hydrogen-bond acceptors (Lipinski definition) is 9. The van der Waals surface area contributed by atoms with E-state index in [0.29, 0.717) is 6.42 Å². The molecule has 0 aliphatic carbocycles. The Kier molecular flexibility index (Phi) is 9.39. The number of nitrogens with one attached hydrogen (secondary N) is 2. The average molecular weight is 449 g/mol. The van der Waals surface area contributed by atoms with Gasteiger partial charge in [0.2, 0.25) is 11.7 Å². The van der Waals surface area contributed by atoms with Crippen molar-refractivity contribution in [3.63, 3.8) is 0 Å². The molecule has 6 atom stereocenters. The topological polar surface area (TPSA) is 175 Å². The third-order valence-corrected chi connectivity index (χ3v) is 4.77. The van der Waals surface area contributed by atoms with Crippen molar-refractivity contribution in [3.05, 3.63) is 0 Å². The maximum Gasteiger partial charge on any atom is 0.408 e. The summed E-state index contributed by atoms with van der Waals surface area (Å²) in [5.74, 6) is -5.03. The lowest BCUT2D eigenvalue weighted by atomic mass is 9.83. The molecule has 2 amide bonds. The standard InChI is InChI=1S/C20H36N2O9/c1-7-8-12(24)21-16-15(26)14(25)11(9-23)30-20(16,29)17(27)13(10(2)3)22-18(28)31-19(4,5)6/h10-11,13-16,23,25-26,29H,7-9H2,1-6H3,(H,21,24)(H,22,28)/t11-,13+,14-,15+,16-,20?/m1/s1. The van der Waals surface area contributed by atoms with E-state index in [4.69, 9.17) is 9.47 Å². The molecule has 1 rings (SSSR count). The molecule has 6 N–H and O–H groups in total. The number of aliphatic hydroxyl groups excluding tert-OH is 3. The molecule has 0 saturated carbocycles. The van der Waals surface area contributed by atoms with Gasteiger partial charge in [-0.1, -0.05) is 20.8 Å². The van der Waals surface area contributed by atoms with Crippen molar-refractivity contribution in [2.75, 3.05) is 6.61 Å². The highest BCUT2D eigenvalue weighted by Gasteiger charge is 2.59. The first-order valence-corrected chi connectivity index (χ1v) is 10.4. The summed E-state index contributed by atoms with van der Waals surface area (Å²) in [6.45, 7) is 9.05. The molecule has 0 bridgehead atoms. The predicted octanol–water partition coefficient (Wildman–Crippen LogP) is -0.809. The Labute approximate surface area is 182 Å². The lowest BCUT2D eigenvalue weighted by Crippen LogP contribution is -2.75. The van der Waals surface area contributed by atoms with Crippen molar-refractivity contribution >= 4 is 17.8 Å². The Hall–Kier alpha value is -1.79. The summed E-state index contributed by atoms with van der Waals surface area (Å²) in [7, 11) is 0. The molecule has 1 heterocycles. The average Bonchev–Trinajstić information content (AvgIpc) is 2.64. The zero-order valence-corrected chi connectivity index (χ0v) is 18.9. The minimum absolute atomic E-state index is 0.0385. The van der Waals surface area contributed by atoms with Gasteiger partial charge in [0.15, 0.2) is 0 Å². The van der Waals surface area contributed by atoms with Gasteiger partial charge in [-0.05, 0) is 33.1 Å². The molecule has 11 nitrogen and oxygen atoms in total. The highest BCUT2D eigenvalue weighted by molar-refractivity contribution is 5.94. The lowest BCUT2D eigenvalue weighted by molar-refractivity contribution is -0.302. The van der Waals surface area contributed by atoms with E-state index in [0.717, 1.165) is 0 Å². The van der Waals surface area contributed by atoms with Gasteiger partial charge in [0, 0.05) is 6.42 Å². The third-order valence-electron chi connectivity index (χ3n) is 4.77. The molecular weight excluding hydrogens is 412 g/mol. The van der Waals surface area contributed by atoms with Crippen molar-refractivity contribution in [3.8, 4) is 0 Å². The van der Waals surface area contributed by atoms with Crippen molar-refractivity contribution in [2.24, 2.45) is 5.92 Å². The smallest absolute Gasteiger partial charge is 0.408 e. The highest BCUT2D eigenvalue weighted by Crippen LogP contribution is 2.31. The number of ether oxygens (including phenoxy) is 2. The van der Waals surface area contributed by atoms with Crippen LogP contribution in [0.1, 0.15) is 54.4 Å². The van der Waals surface area contributed by atoms with E-state index in [1.807, 2.05) is 0 Å². The summed E-state index contributed by atoms with van der Waals surface area (Å²) < 4.78 is 10.5. The van der Waals surface area contributed by atoms with Crippen LogP contribution in [0.3, 0.4) is 0 Å². The van der Waals surface area contributed by atoms with Crippen LogP contribution in [-0.2, 0) is 19.1 Å². The zero-order valence-electron chi connectivity index (χ0n) is 18.9. The minimum atomic E-state index is -2.83. The first-order chi connectivity index (χ1) is 14.2. The number of amides is 2. The van der Waals surface area contributed by atoms with E-state index < -0.39 is 72.1 Å². The molecule has 1 aliphatic heterocycles. The Morgan fingerprint density at radius 3 is 2.19 bits per heavy atom. The Morgan fingerprint density at radius 2 is 1.74 bits per heavy atom. The van der Waals surface area contributed by atoms with Gasteiger partial charge >= 0.3 is 6.09 Å². The van der Waals surface area contributed by atoms with Crippen LogP contribution in [0.5, 0.6) is 0 Å². The van der Waals surface area contributed by atoms with Crippen LogP contribution in [-0.4, -0.2) is 86.6 Å². The van der Waals surface area contributed by atoms with Crippen LogP contribution in [0.2, 0.25) is 0 Å². The highest BCUT2D eigenvalue weighted by atomic mass is 16.7. The van der Waals surface area contributed by atoms with Gasteiger partial charge < -0.3 is 40.5 Å². The fraction of sp³-hybridized carbons (Fsp3) is 0.850. The number of alkyl carbamates (subject to hydrolysis) is 1. The minimum Gasteiger partial charge on any atom is -0.444 e. The number of aliphatic hydroxyl groups is 4. The van der Waals surface area contributed by atoms with Gasteiger partial charge in [0.1, 0.15) is 30.0 Å². The summed E-state index contributed by atoms with van der Waals surface area (Å²) in [6.07, 6.45) is -5.42. The Morgan fingerprint density at radius 1 is 1.16 bits per heavy atom. The fourth-order valence-electron chi connectivity index (χ4n) is 3.23. The molecule has 0 aromatic rings. The maximum atomic E-state index is 13.4. The summed E-state index contributed by atoms with van der Waals surface area (Å²) >= 11 is 0. The van der Waals surface area contributed by atoms with Gasteiger partial charge in [-0.2, -0.15) is 0 Å². The van der Waals surface area contributed by atoms with Crippen LogP contribution >= 0.6 is 0 Å². The largest absolute Gasteiger partial charge is 0.444 e. The van der Waals surface area contributed by atoms with Crippen LogP contribution in [0.15, 0.2) is 0 Å². The van der Waals surface area contributed by atoms with Gasteiger partial charge in [0.25, 0.3) is 5.79 Å². The molecule has 11 heteroatoms. The van der Waals surface area contributed by atoms with E-state index in [1.165, 1.54) is 0 Å². The molecule has 1 unspecified atom stereocenters. The van der Waals surface area contributed by atoms with E-state index in [9.17, 15) is 34.8 Å². The maximum absolute atomic E-state index is 13.4. The molecule has 180 valence electrons. The third kappa shape index (κ3) is 6.84. The molecule has 1 fully saturated rings. The molecule has 0 spiro atoms. The first kappa shape index (κ1) is 27.2. The molecule has 1 aliphatic rings. The first-order valence-electron chi connectivity index (χ1n) is 10.4. The van der Waals surface area contributed by atoms with Crippen LogP contribution in [0.4, 0.5) is 4.79 Å². The lowest BCUT2D eigenvalue weighted by Gasteiger charge is -2.47. The Bertz CT molecular complexity index is 649. The van der Waals surface area contributed by atoms with Crippen molar-refractivity contribution in [1.29, 1.82) is 0 Å². The number of rotatable bonds is 8. The second-order valence-electron chi connectivity index (χ2n) is 9.04. The predicted molar refractivity (Wildman–Crippen MR) is 109 cm³/mol. The summed E-state index contributed by atoms with van der Waals surface area (Å²) in [5, 5.41) is 46.1. The fourth-order valence-corrected chi connectivity index (χ4v) is 3.23. The van der Waals surface area contributed by atoms with Gasteiger partial charge in [-0.25, -0.2) is 4.79 Å². The number of ketones is 1. The summed E-state index contributed by atoms with van der Waals surface area (Å²) in [5.41, 5.74) is -0.841. The molecular formula is C20H36N2O9. The quantitative estimate of drug-likeness (QED) is 0.277. The monoisotopic (exact) mass is 448 g/mol. The molecule has 0 aromatic heterocycles. The van der Waals surface area contributed by atoms with E-state index in [1.54, 1.807) is 41.5 Å². The van der Waals surface area contributed by atoms with E-state index >= 15 is 0 Å². The number of carbonyl (C=O) groups excluding carboxylic acids is 3. The second-order valence-corrected chi connectivity index (χ2v) is 9.04. The van der Waals surface area contributed by atoms with Crippen LogP contribution in [0, 0.1) is 5.92 Å². The number of carbonyl (C=O) groups is 3. The van der Waals surface area contributed by atoms with Crippen molar-refractivity contribution in [1.82, 2.24) is 10.6 Å². The normalized spacial score (nSPS) is 29.9. The molecule has 1 saturated heterocycles. The van der Waals surface area contributed by atoms with Crippen LogP contribution in [0.25, 0.3) is 0 Å². The SMILES string of the molecule is CCCC(=O)N[C@@H]1[C@@H](O)[C@H](O)[C@@H](CO)OC1(O)C(=O)[C@@H](NC(=O)OC(C)(C)C)C(C)C. The number of hydrogen-bond donors (Lipinski definition) is 6. The second kappa shape index (κ2) is 10.7. The van der Waals surface area contributed by atoms with Gasteiger partial charge in [-0.3, -0.25) is 9.59 Å². The molecule has 0 aromatic carbocycles. The van der Waals surface area contributed by atoms with Gasteiger partial charge in [-0.15, -0.1) is 0 Å². The van der Waals surface area contributed by atoms with E-state index in [-0.39, 0.29) is 6.42 Å².